The first-order valence-corrected chi connectivity index (χ1v) is 7.91. The second kappa shape index (κ2) is 5.91. The number of hydrogen-bond donors (Lipinski definition) is 0. The third-order valence-corrected chi connectivity index (χ3v) is 5.00. The van der Waals surface area contributed by atoms with Gasteiger partial charge in [0.1, 0.15) is 11.2 Å². The quantitative estimate of drug-likeness (QED) is 0.643. The van der Waals surface area contributed by atoms with Crippen molar-refractivity contribution in [1.82, 2.24) is 9.80 Å². The van der Waals surface area contributed by atoms with Crippen LogP contribution < -0.4 is 0 Å². The molecular weight excluding hydrogens is 252 g/mol. The Balaban J connectivity index is 1.91. The van der Waals surface area contributed by atoms with Gasteiger partial charge < -0.3 is 19.3 Å². The van der Waals surface area contributed by atoms with Crippen molar-refractivity contribution in [3.8, 4) is 0 Å². The minimum atomic E-state index is -0.00522. The largest absolute Gasteiger partial charge is 0.370 e. The second-order valence-corrected chi connectivity index (χ2v) is 7.29. The van der Waals surface area contributed by atoms with E-state index in [1.54, 1.807) is 0 Å². The third-order valence-electron chi connectivity index (χ3n) is 5.00. The lowest BCUT2D eigenvalue weighted by molar-refractivity contribution is -0.124. The van der Waals surface area contributed by atoms with Crippen LogP contribution in [0.15, 0.2) is 0 Å². The van der Waals surface area contributed by atoms with Gasteiger partial charge in [0.15, 0.2) is 0 Å². The number of hydrogen-bond acceptors (Lipinski definition) is 4. The Morgan fingerprint density at radius 1 is 0.800 bits per heavy atom. The summed E-state index contributed by atoms with van der Waals surface area (Å²) in [5, 5.41) is 0. The summed E-state index contributed by atoms with van der Waals surface area (Å²) in [4.78, 5) is 4.35. The molecule has 4 unspecified atom stereocenters. The van der Waals surface area contributed by atoms with Gasteiger partial charge in [-0.2, -0.15) is 0 Å². The summed E-state index contributed by atoms with van der Waals surface area (Å²) in [5.74, 6) is 1.27. The summed E-state index contributed by atoms with van der Waals surface area (Å²) < 4.78 is 12.7. The Labute approximate surface area is 124 Å². The van der Waals surface area contributed by atoms with Crippen molar-refractivity contribution in [2.75, 3.05) is 54.5 Å². The van der Waals surface area contributed by atoms with Crippen molar-refractivity contribution in [3.05, 3.63) is 0 Å². The van der Waals surface area contributed by atoms with Crippen LogP contribution in [0.3, 0.4) is 0 Å². The van der Waals surface area contributed by atoms with E-state index in [2.05, 4.69) is 51.8 Å². The first-order chi connectivity index (χ1) is 9.34. The van der Waals surface area contributed by atoms with Crippen LogP contribution in [0.5, 0.6) is 0 Å². The van der Waals surface area contributed by atoms with Crippen LogP contribution in [-0.4, -0.2) is 75.5 Å². The number of likely N-dealkylation sites (N-methyl/N-ethyl adjacent to an activating group) is 2. The van der Waals surface area contributed by atoms with Crippen LogP contribution in [-0.2, 0) is 9.47 Å². The van der Waals surface area contributed by atoms with E-state index in [1.807, 2.05) is 0 Å². The fraction of sp³-hybridized carbons (Fsp3) is 1.00. The smallest absolute Gasteiger partial charge is 0.100 e. The summed E-state index contributed by atoms with van der Waals surface area (Å²) in [7, 11) is 8.37. The van der Waals surface area contributed by atoms with E-state index >= 15 is 0 Å². The number of rotatable bonds is 9. The molecule has 0 N–H and O–H groups in total. The molecule has 0 aliphatic heterocycles. The molecule has 0 aromatic carbocycles. The van der Waals surface area contributed by atoms with Crippen molar-refractivity contribution in [3.63, 3.8) is 0 Å². The van der Waals surface area contributed by atoms with E-state index in [4.69, 9.17) is 9.47 Å². The lowest BCUT2D eigenvalue weighted by Crippen LogP contribution is -2.42. The molecule has 2 saturated carbocycles. The van der Waals surface area contributed by atoms with Gasteiger partial charge in [0.2, 0.25) is 0 Å². The number of nitrogens with zero attached hydrogens (tertiary/aromatic N) is 2. The first kappa shape index (κ1) is 16.2. The van der Waals surface area contributed by atoms with Gasteiger partial charge in [0, 0.05) is 13.1 Å². The molecule has 2 fully saturated rings. The molecule has 0 radical (unpaired) electrons. The maximum absolute atomic E-state index is 6.34. The molecule has 2 aliphatic carbocycles. The second-order valence-electron chi connectivity index (χ2n) is 7.29. The normalized spacial score (nSPS) is 39.6. The first-order valence-electron chi connectivity index (χ1n) is 7.91. The summed E-state index contributed by atoms with van der Waals surface area (Å²) >= 11 is 0. The summed E-state index contributed by atoms with van der Waals surface area (Å²) in [6, 6.07) is 0. The van der Waals surface area contributed by atoms with Gasteiger partial charge >= 0.3 is 0 Å². The molecule has 0 bridgehead atoms. The third kappa shape index (κ3) is 3.03. The Hall–Kier alpha value is -0.160. The molecule has 20 heavy (non-hydrogen) atoms. The molecule has 0 heterocycles. The van der Waals surface area contributed by atoms with Gasteiger partial charge in [-0.15, -0.1) is 0 Å². The summed E-state index contributed by atoms with van der Waals surface area (Å²) in [6.07, 6.45) is 2.32. The van der Waals surface area contributed by atoms with Crippen LogP contribution in [0.2, 0.25) is 0 Å². The number of ether oxygens (including phenoxy) is 2. The molecule has 0 spiro atoms. The van der Waals surface area contributed by atoms with Crippen molar-refractivity contribution in [2.24, 2.45) is 11.8 Å². The van der Waals surface area contributed by atoms with Crippen LogP contribution in [0.25, 0.3) is 0 Å². The van der Waals surface area contributed by atoms with Gasteiger partial charge in [-0.1, -0.05) is 13.8 Å². The van der Waals surface area contributed by atoms with Gasteiger partial charge in [0.25, 0.3) is 0 Å². The molecule has 4 atom stereocenters. The predicted octanol–water partition coefficient (Wildman–Crippen LogP) is 1.70. The molecule has 2 aliphatic rings. The van der Waals surface area contributed by atoms with E-state index < -0.39 is 0 Å². The monoisotopic (exact) mass is 284 g/mol. The zero-order chi connectivity index (χ0) is 15.0. The Bertz CT molecular complexity index is 302. The van der Waals surface area contributed by atoms with E-state index in [0.717, 1.165) is 39.1 Å². The minimum Gasteiger partial charge on any atom is -0.370 e. The Morgan fingerprint density at radius 2 is 1.10 bits per heavy atom. The van der Waals surface area contributed by atoms with Gasteiger partial charge in [0.05, 0.1) is 13.2 Å². The minimum absolute atomic E-state index is 0.00522. The highest BCUT2D eigenvalue weighted by atomic mass is 16.6. The summed E-state index contributed by atoms with van der Waals surface area (Å²) in [5.41, 5.74) is -0.0104. The SMILES string of the molecule is CC1CC1(OCCN(C)C)C1(OCCN(C)C)CC1C. The average molecular weight is 284 g/mol. The fourth-order valence-electron chi connectivity index (χ4n) is 3.44. The van der Waals surface area contributed by atoms with Gasteiger partial charge in [-0.05, 0) is 52.9 Å². The zero-order valence-electron chi connectivity index (χ0n) is 14.1. The van der Waals surface area contributed by atoms with Crippen LogP contribution in [0.1, 0.15) is 26.7 Å². The average Bonchev–Trinajstić information content (AvgIpc) is 3.17. The molecule has 0 amide bonds. The molecule has 0 aromatic rings. The lowest BCUT2D eigenvalue weighted by Gasteiger charge is -2.31. The van der Waals surface area contributed by atoms with Crippen LogP contribution in [0, 0.1) is 11.8 Å². The molecule has 2 rings (SSSR count). The highest BCUT2D eigenvalue weighted by molar-refractivity contribution is 5.26. The molecule has 118 valence electrons. The van der Waals surface area contributed by atoms with Crippen molar-refractivity contribution < 1.29 is 9.47 Å². The topological polar surface area (TPSA) is 24.9 Å². The van der Waals surface area contributed by atoms with Crippen LogP contribution in [0.4, 0.5) is 0 Å². The fourth-order valence-corrected chi connectivity index (χ4v) is 3.44. The van der Waals surface area contributed by atoms with Crippen molar-refractivity contribution in [1.29, 1.82) is 0 Å². The lowest BCUT2D eigenvalue weighted by atomic mass is 10.1. The van der Waals surface area contributed by atoms with E-state index in [1.165, 1.54) is 0 Å². The Kier molecular flexibility index (Phi) is 4.80. The van der Waals surface area contributed by atoms with Gasteiger partial charge in [-0.3, -0.25) is 0 Å². The molecule has 0 aromatic heterocycles. The van der Waals surface area contributed by atoms with E-state index in [0.29, 0.717) is 11.8 Å². The zero-order valence-corrected chi connectivity index (χ0v) is 14.1. The standard InChI is InChI=1S/C16H32N2O2/c1-13-11-15(13,19-9-7-17(3)4)16(12-14(16)2)20-10-8-18(5)6/h13-14H,7-12H2,1-6H3. The maximum atomic E-state index is 6.34. The van der Waals surface area contributed by atoms with Crippen LogP contribution >= 0.6 is 0 Å². The predicted molar refractivity (Wildman–Crippen MR) is 82.0 cm³/mol. The van der Waals surface area contributed by atoms with E-state index in [-0.39, 0.29) is 11.2 Å². The maximum Gasteiger partial charge on any atom is 0.100 e. The molecule has 4 heteroatoms. The van der Waals surface area contributed by atoms with Crippen molar-refractivity contribution >= 4 is 0 Å². The van der Waals surface area contributed by atoms with Gasteiger partial charge in [-0.25, -0.2) is 0 Å². The Morgan fingerprint density at radius 3 is 1.30 bits per heavy atom. The van der Waals surface area contributed by atoms with E-state index in [9.17, 15) is 0 Å². The molecule has 0 saturated heterocycles. The highest BCUT2D eigenvalue weighted by Gasteiger charge is 2.75. The molecular formula is C16H32N2O2. The summed E-state index contributed by atoms with van der Waals surface area (Å²) in [6.45, 7) is 8.19. The molecule has 4 nitrogen and oxygen atoms in total. The highest BCUT2D eigenvalue weighted by Crippen LogP contribution is 2.67. The van der Waals surface area contributed by atoms with Crippen molar-refractivity contribution in [2.45, 2.75) is 37.9 Å².